The first-order chi connectivity index (χ1) is 56.5. The van der Waals surface area contributed by atoms with Gasteiger partial charge in [0.15, 0.2) is 0 Å². The van der Waals surface area contributed by atoms with Crippen LogP contribution < -0.4 is 109 Å². The topological polar surface area (TPSA) is 635 Å². The predicted molar refractivity (Wildman–Crippen MR) is 461 cm³/mol. The van der Waals surface area contributed by atoms with Crippen LogP contribution in [0.5, 0.6) is 0 Å². The van der Waals surface area contributed by atoms with Gasteiger partial charge in [0.05, 0.1) is 6.04 Å². The van der Waals surface area contributed by atoms with E-state index in [4.69, 9.17) is 40.1 Å². The van der Waals surface area contributed by atoms with Gasteiger partial charge in [-0.05, 0) is 241 Å². The van der Waals surface area contributed by atoms with Gasteiger partial charge in [-0.15, -0.1) is 0 Å². The number of rotatable bonds is 68. The third-order valence-corrected chi connectivity index (χ3v) is 19.8. The summed E-state index contributed by atoms with van der Waals surface area (Å²) in [4.78, 5) is 212. The van der Waals surface area contributed by atoms with Crippen molar-refractivity contribution in [3.63, 3.8) is 0 Å². The van der Waals surface area contributed by atoms with E-state index < -0.39 is 186 Å². The predicted octanol–water partition coefficient (Wildman–Crippen LogP) is 0.662. The normalized spacial score (nSPS) is 15.1. The van der Waals surface area contributed by atoms with E-state index in [0.717, 1.165) is 0 Å². The Labute approximate surface area is 712 Å². The minimum absolute atomic E-state index is 0.00573. The molecule has 0 aromatic heterocycles. The Morgan fingerprint density at radius 1 is 0.208 bits per heavy atom. The molecule has 120 heavy (non-hydrogen) atoms. The molecule has 0 bridgehead atoms. The summed E-state index contributed by atoms with van der Waals surface area (Å²) in [5, 5.41) is 55.4. The Balaban J connectivity index is 7.41. The van der Waals surface area contributed by atoms with Crippen LogP contribution in [-0.2, 0) is 71.9 Å². The molecule has 0 radical (unpaired) electrons. The van der Waals surface area contributed by atoms with Crippen LogP contribution >= 0.6 is 0 Å². The number of carbonyl (C=O) groups is 15. The van der Waals surface area contributed by atoms with Crippen LogP contribution in [0.3, 0.4) is 0 Å². The number of nitrogens with one attached hydrogen (secondary N) is 13. The van der Waals surface area contributed by atoms with Crippen molar-refractivity contribution in [3.8, 4) is 0 Å². The number of carboxylic acid groups (broad SMARTS) is 2. The van der Waals surface area contributed by atoms with Gasteiger partial charge in [0, 0.05) is 6.42 Å². The summed E-state index contributed by atoms with van der Waals surface area (Å²) in [6.07, 6.45) is 4.90. The molecule has 0 aliphatic heterocycles. The maximum Gasteiger partial charge on any atom is 0.326 e. The lowest BCUT2D eigenvalue weighted by atomic mass is 9.98. The smallest absolute Gasteiger partial charge is 0.326 e. The van der Waals surface area contributed by atoms with E-state index in [1.54, 1.807) is 41.5 Å². The second-order valence-corrected chi connectivity index (χ2v) is 34.8. The fraction of sp³-hybridized carbons (Fsp3) is 0.819. The molecule has 29 N–H and O–H groups in total. The minimum Gasteiger partial charge on any atom is -0.481 e. The van der Waals surface area contributed by atoms with Crippen LogP contribution in [-0.4, -0.2) is 223 Å². The number of aliphatic carboxylic acids is 2. The van der Waals surface area contributed by atoms with E-state index in [0.29, 0.717) is 83.7 Å². The Kier molecular flexibility index (Phi) is 58.5. The lowest BCUT2D eigenvalue weighted by molar-refractivity contribution is -0.142. The maximum absolute atomic E-state index is 14.8. The summed E-state index contributed by atoms with van der Waals surface area (Å²) in [6, 6.07) is -18.0. The van der Waals surface area contributed by atoms with Crippen molar-refractivity contribution < 1.29 is 82.1 Å². The summed E-state index contributed by atoms with van der Waals surface area (Å²) in [7, 11) is 0. The number of unbranched alkanes of at least 4 members (excludes halogenated alkanes) is 6. The summed E-state index contributed by atoms with van der Waals surface area (Å²) >= 11 is 0. The summed E-state index contributed by atoms with van der Waals surface area (Å²) in [5.41, 5.74) is 41.0. The van der Waals surface area contributed by atoms with Gasteiger partial charge in [-0.25, -0.2) is 4.79 Å². The molecule has 0 rings (SSSR count). The van der Waals surface area contributed by atoms with Crippen molar-refractivity contribution in [2.75, 3.05) is 39.3 Å². The molecule has 692 valence electrons. The Morgan fingerprint density at radius 3 is 0.533 bits per heavy atom. The van der Waals surface area contributed by atoms with E-state index in [-0.39, 0.29) is 157 Å². The van der Waals surface area contributed by atoms with E-state index in [2.05, 4.69) is 69.1 Å². The van der Waals surface area contributed by atoms with Crippen LogP contribution in [0.4, 0.5) is 0 Å². The highest BCUT2D eigenvalue weighted by Crippen LogP contribution is 2.19. The lowest BCUT2D eigenvalue weighted by Gasteiger charge is -2.30. The Hall–Kier alpha value is -8.23. The zero-order valence-electron chi connectivity index (χ0n) is 74.5. The highest BCUT2D eigenvalue weighted by molar-refractivity contribution is 6.00. The van der Waals surface area contributed by atoms with Crippen LogP contribution in [0.2, 0.25) is 0 Å². The number of hydrogen-bond donors (Lipinski definition) is 22. The first-order valence-corrected chi connectivity index (χ1v) is 43.8. The molecule has 0 saturated carbocycles. The van der Waals surface area contributed by atoms with Gasteiger partial charge in [0.25, 0.3) is 0 Å². The molecule has 37 heteroatoms. The molecule has 0 aliphatic rings. The Morgan fingerprint density at radius 2 is 0.358 bits per heavy atom. The van der Waals surface area contributed by atoms with Crippen molar-refractivity contribution in [3.05, 3.63) is 0 Å². The number of hydrogen-bond acceptors (Lipinski definition) is 22. The molecular weight excluding hydrogens is 1550 g/mol. The molecule has 0 aliphatic carbocycles. The second kappa shape index (κ2) is 62.8. The van der Waals surface area contributed by atoms with Crippen molar-refractivity contribution in [2.45, 2.75) is 355 Å². The van der Waals surface area contributed by atoms with Crippen molar-refractivity contribution in [1.82, 2.24) is 69.1 Å². The fourth-order valence-electron chi connectivity index (χ4n) is 13.4. The SMILES string of the molecule is CC(C)C[C@H](NC(=O)[C@H](CC(C)C)NC(=O)[C@H](CCCCN)NC(=O)[C@H](CCC(=O)O)NC(=O)[C@H](CC(C)C)NC(=O)[C@H](CCCCN)NC(=O)[C@H](CCCCN)NC(=O)[C@H](CC(C)C)NC(=O)[C@H](CC(C)C)NC(=O)[C@H](CCCCN)NC(=O)[C@H](CC(C)C)NC(=O)[C@H](CC(C)C)NC(=O)[C@@H](N)CCCCN)C(=O)N[C@@H](CCCCN)C(=O)O. The largest absolute Gasteiger partial charge is 0.481 e. The fourth-order valence-corrected chi connectivity index (χ4v) is 13.4. The molecule has 0 aromatic rings. The monoisotopic (exact) mass is 1710 g/mol. The van der Waals surface area contributed by atoms with E-state index in [1.807, 2.05) is 55.4 Å². The molecule has 0 unspecified atom stereocenters. The molecule has 0 heterocycles. The third kappa shape index (κ3) is 49.0. The van der Waals surface area contributed by atoms with Crippen LogP contribution in [0.1, 0.15) is 270 Å². The minimum atomic E-state index is -1.65. The number of nitrogens with two attached hydrogens (primary N) is 7. The zero-order chi connectivity index (χ0) is 91.3. The van der Waals surface area contributed by atoms with Crippen molar-refractivity contribution >= 4 is 88.7 Å². The lowest BCUT2D eigenvalue weighted by Crippen LogP contribution is -2.61. The van der Waals surface area contributed by atoms with Gasteiger partial charge in [-0.3, -0.25) is 67.1 Å². The highest BCUT2D eigenvalue weighted by atomic mass is 16.4. The first kappa shape index (κ1) is 112. The molecule has 14 atom stereocenters. The summed E-state index contributed by atoms with van der Waals surface area (Å²) < 4.78 is 0. The molecular formula is C83H158N20O17. The summed E-state index contributed by atoms with van der Waals surface area (Å²) in [6.45, 7) is 27.0. The zero-order valence-corrected chi connectivity index (χ0v) is 74.5. The third-order valence-electron chi connectivity index (χ3n) is 19.8. The quantitative estimate of drug-likeness (QED) is 0.0372. The maximum atomic E-state index is 14.8. The Bertz CT molecular complexity index is 3110. The highest BCUT2D eigenvalue weighted by Gasteiger charge is 2.39. The standard InChI is InChI=1S/C83H158N20O17/c1-48(2)41-62(97-70(106)55(90)27-15-21-35-84)80(116)101-64(43-50(5)6)77(113)94-59(31-19-25-39-88)74(110)100-67(46-53(11)12)81(117)102-65(44-51(7)8)76(112)93-56(28-16-22-36-85)71(107)91-57(29-17-23-37-86)72(108)98-63(42-49(3)4)78(114)95-60(33-34-69(104)105)75(111)92-58(30-18-24-38-87)73(109)99-68(47-54(13)14)82(118)103-66(45-52(9)10)79(115)96-61(83(119)120)32-20-26-40-89/h48-68H,15-47,84-90H2,1-14H3,(H,91,107)(H,92,111)(H,93,112)(H,94,113)(H,95,114)(H,96,115)(H,97,106)(H,98,108)(H,99,109)(H,100,110)(H,101,116)(H,102,117)(H,103,118)(H,104,105)(H,119,120)/t55-,56-,57-,58-,59-,60-,61-,62-,63-,64-,65-,66-,67-,68-/m0/s1. The molecule has 0 fully saturated rings. The van der Waals surface area contributed by atoms with Gasteiger partial charge >= 0.3 is 11.9 Å². The first-order valence-electron chi connectivity index (χ1n) is 43.8. The molecule has 0 saturated heterocycles. The van der Waals surface area contributed by atoms with E-state index >= 15 is 0 Å². The van der Waals surface area contributed by atoms with Crippen molar-refractivity contribution in [1.29, 1.82) is 0 Å². The van der Waals surface area contributed by atoms with E-state index in [1.165, 1.54) is 0 Å². The molecule has 37 nitrogen and oxygen atoms in total. The number of carboxylic acids is 2. The van der Waals surface area contributed by atoms with Gasteiger partial charge in [0.2, 0.25) is 76.8 Å². The number of amides is 13. The van der Waals surface area contributed by atoms with Gasteiger partial charge in [-0.2, -0.15) is 0 Å². The van der Waals surface area contributed by atoms with Gasteiger partial charge in [-0.1, -0.05) is 103 Å². The molecule has 13 amide bonds. The van der Waals surface area contributed by atoms with Gasteiger partial charge in [0.1, 0.15) is 78.5 Å². The van der Waals surface area contributed by atoms with Crippen LogP contribution in [0.15, 0.2) is 0 Å². The molecule has 0 aromatic carbocycles. The second-order valence-electron chi connectivity index (χ2n) is 34.8. The average Bonchev–Trinajstić information content (AvgIpc) is 0.859. The van der Waals surface area contributed by atoms with Crippen molar-refractivity contribution in [2.24, 2.45) is 81.6 Å². The average molecular weight is 1710 g/mol. The summed E-state index contributed by atoms with van der Waals surface area (Å²) in [5.74, 6) is -14.1. The van der Waals surface area contributed by atoms with Crippen LogP contribution in [0.25, 0.3) is 0 Å². The van der Waals surface area contributed by atoms with E-state index in [9.17, 15) is 82.1 Å². The number of carbonyl (C=O) groups excluding carboxylic acids is 13. The van der Waals surface area contributed by atoms with Gasteiger partial charge < -0.3 is 119 Å². The van der Waals surface area contributed by atoms with Crippen LogP contribution in [0, 0.1) is 41.4 Å². The molecule has 0 spiro atoms.